The monoisotopic (exact) mass is 228 g/mol. The number of carbonyl (C=O) groups is 1. The van der Waals surface area contributed by atoms with E-state index >= 15 is 0 Å². The van der Waals surface area contributed by atoms with Crippen LogP contribution in [-0.4, -0.2) is 5.78 Å². The molecule has 1 aromatic carbocycles. The second-order valence-corrected chi connectivity index (χ2v) is 3.92. The van der Waals surface area contributed by atoms with E-state index in [0.29, 0.717) is 16.7 Å². The lowest BCUT2D eigenvalue weighted by atomic mass is 10.1. The predicted octanol–water partition coefficient (Wildman–Crippen LogP) is 2.79. The SMILES string of the molecule is CC(=O)/C=C(\C)c1cc2ccccc2oc1=O. The van der Waals surface area contributed by atoms with E-state index in [1.54, 1.807) is 19.1 Å². The van der Waals surface area contributed by atoms with Crippen molar-refractivity contribution >= 4 is 22.3 Å². The summed E-state index contributed by atoms with van der Waals surface area (Å²) in [7, 11) is 0. The Hall–Kier alpha value is -2.16. The number of carbonyl (C=O) groups excluding carboxylic acids is 1. The van der Waals surface area contributed by atoms with Gasteiger partial charge >= 0.3 is 5.63 Å². The third kappa shape index (κ3) is 2.33. The first-order valence-corrected chi connectivity index (χ1v) is 5.30. The molecule has 0 atom stereocenters. The Morgan fingerprint density at radius 3 is 2.65 bits per heavy atom. The number of para-hydroxylation sites is 1. The Labute approximate surface area is 98.4 Å². The van der Waals surface area contributed by atoms with Crippen LogP contribution in [0.3, 0.4) is 0 Å². The molecule has 0 unspecified atom stereocenters. The molecule has 0 aliphatic carbocycles. The van der Waals surface area contributed by atoms with Gasteiger partial charge in [-0.3, -0.25) is 4.79 Å². The van der Waals surface area contributed by atoms with E-state index in [1.165, 1.54) is 13.0 Å². The highest BCUT2D eigenvalue weighted by molar-refractivity contribution is 5.95. The minimum atomic E-state index is -0.418. The summed E-state index contributed by atoms with van der Waals surface area (Å²) < 4.78 is 5.19. The average molecular weight is 228 g/mol. The first kappa shape index (κ1) is 11.3. The van der Waals surface area contributed by atoms with Crippen LogP contribution in [0.5, 0.6) is 0 Å². The fourth-order valence-corrected chi connectivity index (χ4v) is 1.72. The molecule has 0 amide bonds. The third-order valence-electron chi connectivity index (χ3n) is 2.49. The molecule has 0 saturated carbocycles. The molecular weight excluding hydrogens is 216 g/mol. The van der Waals surface area contributed by atoms with Crippen molar-refractivity contribution in [3.8, 4) is 0 Å². The smallest absolute Gasteiger partial charge is 0.343 e. The second-order valence-electron chi connectivity index (χ2n) is 3.92. The lowest BCUT2D eigenvalue weighted by Gasteiger charge is -2.01. The third-order valence-corrected chi connectivity index (χ3v) is 2.49. The van der Waals surface area contributed by atoms with Crippen LogP contribution in [-0.2, 0) is 4.79 Å². The number of hydrogen-bond donors (Lipinski definition) is 0. The Bertz CT molecular complexity index is 662. The fourth-order valence-electron chi connectivity index (χ4n) is 1.72. The molecule has 1 aromatic heterocycles. The molecule has 3 heteroatoms. The number of fused-ring (bicyclic) bond motifs is 1. The number of rotatable bonds is 2. The van der Waals surface area contributed by atoms with Gasteiger partial charge in [-0.1, -0.05) is 18.2 Å². The predicted molar refractivity (Wildman–Crippen MR) is 66.8 cm³/mol. The van der Waals surface area contributed by atoms with Crippen molar-refractivity contribution in [3.05, 3.63) is 52.4 Å². The van der Waals surface area contributed by atoms with Gasteiger partial charge in [-0.2, -0.15) is 0 Å². The summed E-state index contributed by atoms with van der Waals surface area (Å²) in [6.45, 7) is 3.18. The Morgan fingerprint density at radius 1 is 1.24 bits per heavy atom. The second kappa shape index (κ2) is 4.37. The van der Waals surface area contributed by atoms with Gasteiger partial charge in [0.15, 0.2) is 5.78 Å². The van der Waals surface area contributed by atoms with Crippen molar-refractivity contribution < 1.29 is 9.21 Å². The lowest BCUT2D eigenvalue weighted by Crippen LogP contribution is -2.05. The normalized spacial score (nSPS) is 11.8. The zero-order valence-corrected chi connectivity index (χ0v) is 9.69. The Morgan fingerprint density at radius 2 is 1.94 bits per heavy atom. The quantitative estimate of drug-likeness (QED) is 0.586. The van der Waals surface area contributed by atoms with Crippen LogP contribution in [0.15, 0.2) is 45.6 Å². The van der Waals surface area contributed by atoms with E-state index in [0.717, 1.165) is 5.39 Å². The highest BCUT2D eigenvalue weighted by atomic mass is 16.4. The molecule has 0 radical (unpaired) electrons. The van der Waals surface area contributed by atoms with Crippen LogP contribution in [0.1, 0.15) is 19.4 Å². The maximum absolute atomic E-state index is 11.7. The van der Waals surface area contributed by atoms with E-state index in [1.807, 2.05) is 18.2 Å². The van der Waals surface area contributed by atoms with Crippen LogP contribution < -0.4 is 5.63 Å². The molecule has 0 aliphatic rings. The van der Waals surface area contributed by atoms with Crippen molar-refractivity contribution in [2.45, 2.75) is 13.8 Å². The molecule has 17 heavy (non-hydrogen) atoms. The van der Waals surface area contributed by atoms with Gasteiger partial charge in [0.2, 0.25) is 0 Å². The topological polar surface area (TPSA) is 47.3 Å². The minimum Gasteiger partial charge on any atom is -0.422 e. The molecular formula is C14H12O3. The summed E-state index contributed by atoms with van der Waals surface area (Å²) in [4.78, 5) is 22.7. The van der Waals surface area contributed by atoms with Crippen LogP contribution in [0, 0.1) is 0 Å². The molecule has 0 N–H and O–H groups in total. The number of allylic oxidation sites excluding steroid dienone is 2. The zero-order chi connectivity index (χ0) is 12.4. The number of hydrogen-bond acceptors (Lipinski definition) is 3. The molecule has 1 heterocycles. The van der Waals surface area contributed by atoms with Crippen LogP contribution >= 0.6 is 0 Å². The first-order chi connectivity index (χ1) is 8.08. The van der Waals surface area contributed by atoms with Crippen molar-refractivity contribution in [1.29, 1.82) is 0 Å². The average Bonchev–Trinajstić information content (AvgIpc) is 2.27. The minimum absolute atomic E-state index is 0.0879. The van der Waals surface area contributed by atoms with Gasteiger partial charge in [-0.15, -0.1) is 0 Å². The van der Waals surface area contributed by atoms with E-state index in [2.05, 4.69) is 0 Å². The molecule has 0 saturated heterocycles. The summed E-state index contributed by atoms with van der Waals surface area (Å²) >= 11 is 0. The highest BCUT2D eigenvalue weighted by Crippen LogP contribution is 2.17. The van der Waals surface area contributed by atoms with E-state index in [4.69, 9.17) is 4.42 Å². The summed E-state index contributed by atoms with van der Waals surface area (Å²) in [5.74, 6) is -0.0879. The van der Waals surface area contributed by atoms with Crippen LogP contribution in [0.2, 0.25) is 0 Å². The highest BCUT2D eigenvalue weighted by Gasteiger charge is 2.06. The lowest BCUT2D eigenvalue weighted by molar-refractivity contribution is -0.112. The summed E-state index contributed by atoms with van der Waals surface area (Å²) in [5.41, 5.74) is 1.19. The largest absolute Gasteiger partial charge is 0.422 e. The van der Waals surface area contributed by atoms with Crippen LogP contribution in [0.25, 0.3) is 16.5 Å². The van der Waals surface area contributed by atoms with E-state index in [9.17, 15) is 9.59 Å². The summed E-state index contributed by atoms with van der Waals surface area (Å²) in [6.07, 6.45) is 1.43. The summed E-state index contributed by atoms with van der Waals surface area (Å²) in [5, 5.41) is 0.846. The molecule has 0 aliphatic heterocycles. The van der Waals surface area contributed by atoms with Crippen LogP contribution in [0.4, 0.5) is 0 Å². The van der Waals surface area contributed by atoms with Gasteiger partial charge in [0, 0.05) is 5.39 Å². The Kier molecular flexibility index (Phi) is 2.91. The molecule has 86 valence electrons. The molecule has 2 rings (SSSR count). The van der Waals surface area contributed by atoms with Gasteiger partial charge in [0.25, 0.3) is 0 Å². The van der Waals surface area contributed by atoms with Gasteiger partial charge in [0.05, 0.1) is 5.56 Å². The number of benzene rings is 1. The van der Waals surface area contributed by atoms with Crippen molar-refractivity contribution in [2.24, 2.45) is 0 Å². The maximum atomic E-state index is 11.7. The first-order valence-electron chi connectivity index (χ1n) is 5.30. The molecule has 2 aromatic rings. The molecule has 0 spiro atoms. The van der Waals surface area contributed by atoms with Gasteiger partial charge in [-0.25, -0.2) is 4.79 Å². The van der Waals surface area contributed by atoms with Crippen molar-refractivity contribution in [3.63, 3.8) is 0 Å². The Balaban J connectivity index is 2.67. The van der Waals surface area contributed by atoms with Gasteiger partial charge < -0.3 is 4.42 Å². The number of ketones is 1. The molecule has 0 bridgehead atoms. The fraction of sp³-hybridized carbons (Fsp3) is 0.143. The van der Waals surface area contributed by atoms with Crippen molar-refractivity contribution in [2.75, 3.05) is 0 Å². The zero-order valence-electron chi connectivity index (χ0n) is 9.69. The molecule has 3 nitrogen and oxygen atoms in total. The molecule has 0 fully saturated rings. The van der Waals surface area contributed by atoms with Gasteiger partial charge in [0.1, 0.15) is 5.58 Å². The van der Waals surface area contributed by atoms with Gasteiger partial charge in [-0.05, 0) is 37.6 Å². The van der Waals surface area contributed by atoms with Crippen molar-refractivity contribution in [1.82, 2.24) is 0 Å². The van der Waals surface area contributed by atoms with E-state index in [-0.39, 0.29) is 5.78 Å². The maximum Gasteiger partial charge on any atom is 0.343 e. The van der Waals surface area contributed by atoms with E-state index < -0.39 is 5.63 Å². The standard InChI is InChI=1S/C14H12O3/c1-9(7-10(2)15)12-8-11-5-3-4-6-13(11)17-14(12)16/h3-8H,1-2H3/b9-7+. The summed E-state index contributed by atoms with van der Waals surface area (Å²) in [6, 6.07) is 9.03.